The topological polar surface area (TPSA) is 28.2 Å². The van der Waals surface area contributed by atoms with Gasteiger partial charge in [-0.3, -0.25) is 9.88 Å². The minimum absolute atomic E-state index is 0.259. The maximum Gasteiger partial charge on any atom is 0.416 e. The van der Waals surface area contributed by atoms with Crippen molar-refractivity contribution in [3.63, 3.8) is 0 Å². The first-order valence-corrected chi connectivity index (χ1v) is 9.00. The number of nitrogens with one attached hydrogen (secondary N) is 1. The highest BCUT2D eigenvalue weighted by molar-refractivity contribution is 5.78. The van der Waals surface area contributed by atoms with Crippen LogP contribution >= 0.6 is 0 Å². The molecular formula is C21H20F3N3. The number of rotatable bonds is 3. The summed E-state index contributed by atoms with van der Waals surface area (Å²) in [5, 5.41) is 4.24. The van der Waals surface area contributed by atoms with Gasteiger partial charge in [0.15, 0.2) is 0 Å². The molecule has 3 aromatic rings. The number of piperazine rings is 1. The molecule has 1 unspecified atom stereocenters. The zero-order chi connectivity index (χ0) is 18.9. The van der Waals surface area contributed by atoms with Crippen LogP contribution in [0.1, 0.15) is 22.9 Å². The van der Waals surface area contributed by atoms with Gasteiger partial charge in [0, 0.05) is 31.6 Å². The minimum Gasteiger partial charge on any atom is -0.314 e. The quantitative estimate of drug-likeness (QED) is 0.746. The molecule has 0 bridgehead atoms. The van der Waals surface area contributed by atoms with Crippen LogP contribution in [-0.2, 0) is 6.18 Å². The molecule has 1 atom stereocenters. The molecule has 4 rings (SSSR count). The molecule has 3 nitrogen and oxygen atoms in total. The number of fused-ring (bicyclic) bond motifs is 1. The van der Waals surface area contributed by atoms with Crippen LogP contribution in [0.3, 0.4) is 0 Å². The first-order valence-electron chi connectivity index (χ1n) is 9.00. The molecule has 0 amide bonds. The first-order chi connectivity index (χ1) is 13.0. The van der Waals surface area contributed by atoms with Gasteiger partial charge >= 0.3 is 6.18 Å². The summed E-state index contributed by atoms with van der Waals surface area (Å²) in [6, 6.07) is 16.8. The van der Waals surface area contributed by atoms with E-state index in [9.17, 15) is 13.2 Å². The molecule has 0 spiro atoms. The third kappa shape index (κ3) is 3.68. The summed E-state index contributed by atoms with van der Waals surface area (Å²) >= 11 is 0. The van der Waals surface area contributed by atoms with Gasteiger partial charge in [0.2, 0.25) is 0 Å². The van der Waals surface area contributed by atoms with Crippen LogP contribution in [0.25, 0.3) is 10.9 Å². The van der Waals surface area contributed by atoms with E-state index in [-0.39, 0.29) is 5.56 Å². The summed E-state index contributed by atoms with van der Waals surface area (Å²) in [7, 11) is 0. The van der Waals surface area contributed by atoms with Crippen molar-refractivity contribution in [1.29, 1.82) is 0 Å². The van der Waals surface area contributed by atoms with Crippen LogP contribution in [-0.4, -0.2) is 36.1 Å². The molecule has 6 heteroatoms. The standard InChI is InChI=1S/C21H20F3N3/c22-21(23,24)17-7-3-2-6-16(17)20(27-13-11-25-12-14-27)19-10-9-15-5-1-4-8-18(15)26-19/h1-10,20,25H,11-14H2. The van der Waals surface area contributed by atoms with Gasteiger partial charge in [0.25, 0.3) is 0 Å². The summed E-state index contributed by atoms with van der Waals surface area (Å²) < 4.78 is 41.1. The zero-order valence-electron chi connectivity index (χ0n) is 14.7. The maximum atomic E-state index is 13.7. The fraction of sp³-hybridized carbons (Fsp3) is 0.286. The second kappa shape index (κ2) is 7.29. The number of para-hydroxylation sites is 1. The number of pyridine rings is 1. The molecule has 2 aromatic carbocycles. The van der Waals surface area contributed by atoms with E-state index in [2.05, 4.69) is 10.2 Å². The van der Waals surface area contributed by atoms with Crippen LogP contribution in [0, 0.1) is 0 Å². The Morgan fingerprint density at radius 2 is 1.59 bits per heavy atom. The molecule has 0 aliphatic carbocycles. The average Bonchev–Trinajstić information content (AvgIpc) is 2.69. The average molecular weight is 371 g/mol. The molecule has 1 aliphatic heterocycles. The van der Waals surface area contributed by atoms with Crippen LogP contribution in [0.15, 0.2) is 60.7 Å². The van der Waals surface area contributed by atoms with Crippen molar-refractivity contribution >= 4 is 10.9 Å². The van der Waals surface area contributed by atoms with Crippen molar-refractivity contribution in [2.75, 3.05) is 26.2 Å². The highest BCUT2D eigenvalue weighted by atomic mass is 19.4. The summed E-state index contributed by atoms with van der Waals surface area (Å²) in [5.74, 6) is 0. The number of benzene rings is 2. The smallest absolute Gasteiger partial charge is 0.314 e. The zero-order valence-corrected chi connectivity index (χ0v) is 14.7. The van der Waals surface area contributed by atoms with Gasteiger partial charge in [-0.05, 0) is 23.8 Å². The highest BCUT2D eigenvalue weighted by Crippen LogP contribution is 2.38. The molecule has 1 aromatic heterocycles. The van der Waals surface area contributed by atoms with Gasteiger partial charge in [0.05, 0.1) is 22.8 Å². The summed E-state index contributed by atoms with van der Waals surface area (Å²) in [5.41, 5.74) is 1.10. The fourth-order valence-electron chi connectivity index (χ4n) is 3.71. The molecule has 1 aliphatic rings. The Morgan fingerprint density at radius 3 is 2.37 bits per heavy atom. The molecule has 0 radical (unpaired) electrons. The number of halogens is 3. The van der Waals surface area contributed by atoms with Crippen LogP contribution in [0.4, 0.5) is 13.2 Å². The van der Waals surface area contributed by atoms with E-state index in [0.717, 1.165) is 30.1 Å². The predicted octanol–water partition coefficient (Wildman–Crippen LogP) is 4.25. The molecule has 1 N–H and O–H groups in total. The van der Waals surface area contributed by atoms with Gasteiger partial charge in [-0.15, -0.1) is 0 Å². The van der Waals surface area contributed by atoms with Crippen LogP contribution in [0.5, 0.6) is 0 Å². The number of alkyl halides is 3. The van der Waals surface area contributed by atoms with E-state index < -0.39 is 17.8 Å². The Hall–Kier alpha value is -2.44. The maximum absolute atomic E-state index is 13.7. The fourth-order valence-corrected chi connectivity index (χ4v) is 3.71. The van der Waals surface area contributed by atoms with E-state index in [0.29, 0.717) is 18.8 Å². The first kappa shape index (κ1) is 17.9. The van der Waals surface area contributed by atoms with E-state index in [1.54, 1.807) is 12.1 Å². The Labute approximate surface area is 155 Å². The van der Waals surface area contributed by atoms with Crippen molar-refractivity contribution in [3.8, 4) is 0 Å². The third-order valence-electron chi connectivity index (χ3n) is 4.98. The molecule has 0 saturated carbocycles. The lowest BCUT2D eigenvalue weighted by Crippen LogP contribution is -2.46. The van der Waals surface area contributed by atoms with Gasteiger partial charge in [0.1, 0.15) is 0 Å². The molecule has 1 saturated heterocycles. The number of hydrogen-bond donors (Lipinski definition) is 1. The van der Waals surface area contributed by atoms with Gasteiger partial charge < -0.3 is 5.32 Å². The van der Waals surface area contributed by atoms with E-state index >= 15 is 0 Å². The van der Waals surface area contributed by atoms with Crippen molar-refractivity contribution in [2.45, 2.75) is 12.2 Å². The summed E-state index contributed by atoms with van der Waals surface area (Å²) in [4.78, 5) is 6.80. The largest absolute Gasteiger partial charge is 0.416 e. The van der Waals surface area contributed by atoms with Gasteiger partial charge in [-0.2, -0.15) is 13.2 Å². The Balaban J connectivity index is 1.87. The lowest BCUT2D eigenvalue weighted by Gasteiger charge is -2.36. The molecular weight excluding hydrogens is 351 g/mol. The second-order valence-corrected chi connectivity index (χ2v) is 6.70. The molecule has 2 heterocycles. The molecule has 27 heavy (non-hydrogen) atoms. The van der Waals surface area contributed by atoms with E-state index in [1.165, 1.54) is 6.07 Å². The Bertz CT molecular complexity index is 933. The Kier molecular flexibility index (Phi) is 4.85. The monoisotopic (exact) mass is 371 g/mol. The third-order valence-corrected chi connectivity index (χ3v) is 4.98. The highest BCUT2D eigenvalue weighted by Gasteiger charge is 2.37. The predicted molar refractivity (Wildman–Crippen MR) is 99.5 cm³/mol. The molecule has 1 fully saturated rings. The van der Waals surface area contributed by atoms with Gasteiger partial charge in [-0.1, -0.05) is 42.5 Å². The van der Waals surface area contributed by atoms with E-state index in [4.69, 9.17) is 4.98 Å². The van der Waals surface area contributed by atoms with Crippen LogP contribution < -0.4 is 5.32 Å². The summed E-state index contributed by atoms with van der Waals surface area (Å²) in [6.45, 7) is 2.84. The van der Waals surface area contributed by atoms with Crippen molar-refractivity contribution in [1.82, 2.24) is 15.2 Å². The Morgan fingerprint density at radius 1 is 0.889 bits per heavy atom. The normalized spacial score (nSPS) is 17.1. The van der Waals surface area contributed by atoms with Crippen molar-refractivity contribution in [2.24, 2.45) is 0 Å². The second-order valence-electron chi connectivity index (χ2n) is 6.70. The number of nitrogens with zero attached hydrogens (tertiary/aromatic N) is 2. The van der Waals surface area contributed by atoms with Crippen molar-refractivity contribution < 1.29 is 13.2 Å². The van der Waals surface area contributed by atoms with Gasteiger partial charge in [-0.25, -0.2) is 0 Å². The summed E-state index contributed by atoms with van der Waals surface area (Å²) in [6.07, 6.45) is -4.40. The molecule has 140 valence electrons. The van der Waals surface area contributed by atoms with E-state index in [1.807, 2.05) is 36.4 Å². The SMILES string of the molecule is FC(F)(F)c1ccccc1C(c1ccc2ccccc2n1)N1CCNCC1. The van der Waals surface area contributed by atoms with Crippen molar-refractivity contribution in [3.05, 3.63) is 77.5 Å². The number of hydrogen-bond acceptors (Lipinski definition) is 3. The lowest BCUT2D eigenvalue weighted by molar-refractivity contribution is -0.138. The minimum atomic E-state index is -4.40. The number of aromatic nitrogens is 1. The van der Waals surface area contributed by atoms with Crippen LogP contribution in [0.2, 0.25) is 0 Å². The lowest BCUT2D eigenvalue weighted by atomic mass is 9.94.